The molecule has 0 amide bonds. The van der Waals surface area contributed by atoms with E-state index in [0.29, 0.717) is 13.2 Å². The van der Waals surface area contributed by atoms with Gasteiger partial charge in [0.15, 0.2) is 0 Å². The maximum absolute atomic E-state index is 5.73. The number of aliphatic imine (C=N–C) groups is 2. The lowest BCUT2D eigenvalue weighted by atomic mass is 10.3. The first-order valence-corrected chi connectivity index (χ1v) is 6.92. The molecule has 0 bridgehead atoms. The van der Waals surface area contributed by atoms with Gasteiger partial charge in [-0.25, -0.2) is 4.99 Å². The lowest BCUT2D eigenvalue weighted by molar-refractivity contribution is 0.328. The van der Waals surface area contributed by atoms with Gasteiger partial charge < -0.3 is 9.47 Å². The molecule has 0 spiro atoms. The zero-order chi connectivity index (χ0) is 14.3. The smallest absolute Gasteiger partial charge is 0.127 e. The molecule has 0 saturated heterocycles. The summed E-state index contributed by atoms with van der Waals surface area (Å²) in [5, 5.41) is 0. The van der Waals surface area contributed by atoms with E-state index >= 15 is 0 Å². The topological polar surface area (TPSA) is 43.2 Å². The summed E-state index contributed by atoms with van der Waals surface area (Å²) in [6.45, 7) is 1.27. The second-order valence-electron chi connectivity index (χ2n) is 4.55. The number of hydrogen-bond donors (Lipinski definition) is 0. The van der Waals surface area contributed by atoms with E-state index < -0.39 is 0 Å². The molecule has 106 valence electrons. The van der Waals surface area contributed by atoms with Crippen molar-refractivity contribution in [1.29, 1.82) is 0 Å². The molecule has 1 heterocycles. The normalized spacial score (nSPS) is 13.0. The Balaban J connectivity index is 1.50. The Hall–Kier alpha value is -2.62. The third-order valence-corrected chi connectivity index (χ3v) is 2.99. The number of nitrogens with zero attached hydrogens (tertiary/aromatic N) is 2. The van der Waals surface area contributed by atoms with E-state index in [0.717, 1.165) is 29.5 Å². The first-order valence-electron chi connectivity index (χ1n) is 6.92. The van der Waals surface area contributed by atoms with Crippen molar-refractivity contribution in [2.45, 2.75) is 6.42 Å². The Kier molecular flexibility index (Phi) is 4.27. The van der Waals surface area contributed by atoms with Gasteiger partial charge >= 0.3 is 0 Å². The highest BCUT2D eigenvalue weighted by molar-refractivity contribution is 5.94. The molecule has 0 atom stereocenters. The van der Waals surface area contributed by atoms with Gasteiger partial charge in [-0.05, 0) is 36.4 Å². The van der Waals surface area contributed by atoms with Crippen LogP contribution in [0, 0.1) is 0 Å². The van der Waals surface area contributed by atoms with Crippen LogP contribution in [0.1, 0.15) is 6.42 Å². The zero-order valence-corrected chi connectivity index (χ0v) is 11.6. The first kappa shape index (κ1) is 13.4. The molecule has 4 nitrogen and oxygen atoms in total. The van der Waals surface area contributed by atoms with Gasteiger partial charge in [0.2, 0.25) is 0 Å². The minimum Gasteiger partial charge on any atom is -0.493 e. The molecule has 21 heavy (non-hydrogen) atoms. The summed E-state index contributed by atoms with van der Waals surface area (Å²) >= 11 is 0. The van der Waals surface area contributed by atoms with Crippen LogP contribution in [-0.2, 0) is 0 Å². The van der Waals surface area contributed by atoms with Gasteiger partial charge in [0.1, 0.15) is 23.1 Å². The van der Waals surface area contributed by atoms with Crippen LogP contribution in [0.4, 0.5) is 0 Å². The molecular weight excluding hydrogens is 264 g/mol. The lowest BCUT2D eigenvalue weighted by Crippen LogP contribution is -2.02. The largest absolute Gasteiger partial charge is 0.493 e. The van der Waals surface area contributed by atoms with Crippen molar-refractivity contribution >= 4 is 12.1 Å². The van der Waals surface area contributed by atoms with Crippen molar-refractivity contribution in [2.24, 2.45) is 9.98 Å². The minimum atomic E-state index is 0.578. The van der Waals surface area contributed by atoms with E-state index in [-0.39, 0.29) is 0 Å². The predicted molar refractivity (Wildman–Crippen MR) is 83.9 cm³/mol. The van der Waals surface area contributed by atoms with Crippen LogP contribution in [0.3, 0.4) is 0 Å². The van der Waals surface area contributed by atoms with Gasteiger partial charge in [-0.1, -0.05) is 18.2 Å². The van der Waals surface area contributed by atoms with Crippen LogP contribution in [0.2, 0.25) is 0 Å². The molecule has 0 aliphatic carbocycles. The molecule has 1 aliphatic heterocycles. The Morgan fingerprint density at radius 2 is 1.57 bits per heavy atom. The fourth-order valence-electron chi connectivity index (χ4n) is 1.97. The van der Waals surface area contributed by atoms with Crippen LogP contribution in [0.25, 0.3) is 0 Å². The highest BCUT2D eigenvalue weighted by Crippen LogP contribution is 2.23. The highest BCUT2D eigenvalue weighted by Gasteiger charge is 2.02. The summed E-state index contributed by atoms with van der Waals surface area (Å²) < 4.78 is 11.4. The van der Waals surface area contributed by atoms with Crippen LogP contribution in [-0.4, -0.2) is 25.2 Å². The van der Waals surface area contributed by atoms with Crippen molar-refractivity contribution in [1.82, 2.24) is 0 Å². The quantitative estimate of drug-likeness (QED) is 0.809. The molecule has 0 fully saturated rings. The summed E-state index contributed by atoms with van der Waals surface area (Å²) in [4.78, 5) is 8.38. The maximum Gasteiger partial charge on any atom is 0.127 e. The number of para-hydroxylation sites is 1. The molecule has 0 aromatic heterocycles. The summed E-state index contributed by atoms with van der Waals surface area (Å²) in [6.07, 6.45) is 2.55. The maximum atomic E-state index is 5.73. The van der Waals surface area contributed by atoms with E-state index in [2.05, 4.69) is 9.98 Å². The summed E-state index contributed by atoms with van der Waals surface area (Å²) in [7, 11) is 0. The van der Waals surface area contributed by atoms with Gasteiger partial charge in [-0.15, -0.1) is 0 Å². The van der Waals surface area contributed by atoms with Crippen molar-refractivity contribution in [3.8, 4) is 17.2 Å². The Labute approximate surface area is 123 Å². The Bertz CT molecular complexity index is 634. The van der Waals surface area contributed by atoms with E-state index in [9.17, 15) is 0 Å². The third-order valence-electron chi connectivity index (χ3n) is 2.99. The fraction of sp³-hybridized carbons (Fsp3) is 0.176. The molecule has 0 radical (unpaired) electrons. The van der Waals surface area contributed by atoms with E-state index in [1.165, 1.54) is 0 Å². The van der Waals surface area contributed by atoms with E-state index in [4.69, 9.17) is 9.47 Å². The van der Waals surface area contributed by atoms with Crippen LogP contribution < -0.4 is 9.47 Å². The average molecular weight is 280 g/mol. The van der Waals surface area contributed by atoms with Gasteiger partial charge in [-0.3, -0.25) is 4.99 Å². The van der Waals surface area contributed by atoms with Gasteiger partial charge in [0.25, 0.3) is 0 Å². The number of amidine groups is 1. The summed E-state index contributed by atoms with van der Waals surface area (Å²) in [5.74, 6) is 3.29. The van der Waals surface area contributed by atoms with Crippen LogP contribution in [0.5, 0.6) is 17.2 Å². The predicted octanol–water partition coefficient (Wildman–Crippen LogP) is 3.73. The molecule has 0 saturated carbocycles. The first-order chi connectivity index (χ1) is 10.4. The van der Waals surface area contributed by atoms with Gasteiger partial charge in [0, 0.05) is 12.6 Å². The van der Waals surface area contributed by atoms with E-state index in [1.807, 2.05) is 60.8 Å². The third kappa shape index (κ3) is 3.92. The van der Waals surface area contributed by atoms with Crippen LogP contribution in [0.15, 0.2) is 64.6 Å². The monoisotopic (exact) mass is 280 g/mol. The molecule has 4 heteroatoms. The summed E-state index contributed by atoms with van der Waals surface area (Å²) in [5.41, 5.74) is 0. The molecule has 1 aliphatic rings. The Morgan fingerprint density at radius 3 is 2.29 bits per heavy atom. The molecular formula is C17H16N2O2. The molecule has 3 rings (SSSR count). The summed E-state index contributed by atoms with van der Waals surface area (Å²) in [6, 6.07) is 17.3. The van der Waals surface area contributed by atoms with Gasteiger partial charge in [0.05, 0.1) is 13.2 Å². The van der Waals surface area contributed by atoms with Crippen LogP contribution >= 0.6 is 0 Å². The van der Waals surface area contributed by atoms with Crippen molar-refractivity contribution in [3.63, 3.8) is 0 Å². The molecule has 2 aromatic rings. The number of hydrogen-bond acceptors (Lipinski definition) is 4. The van der Waals surface area contributed by atoms with Crippen molar-refractivity contribution < 1.29 is 9.47 Å². The minimum absolute atomic E-state index is 0.578. The number of benzene rings is 2. The standard InChI is InChI=1S/C17H16N2O2/c1-2-4-15(5-3-1)21-16-8-6-14(7-9-16)20-13-10-17-18-11-12-19-17/h1-9,11H,10,12-13H2. The van der Waals surface area contributed by atoms with Crippen molar-refractivity contribution in [3.05, 3.63) is 54.6 Å². The highest BCUT2D eigenvalue weighted by atomic mass is 16.5. The average Bonchev–Trinajstić information content (AvgIpc) is 3.03. The van der Waals surface area contributed by atoms with Crippen molar-refractivity contribution in [2.75, 3.05) is 13.2 Å². The number of ether oxygens (including phenoxy) is 2. The Morgan fingerprint density at radius 1 is 0.857 bits per heavy atom. The molecule has 0 unspecified atom stereocenters. The van der Waals surface area contributed by atoms with Gasteiger partial charge in [-0.2, -0.15) is 0 Å². The second kappa shape index (κ2) is 6.70. The van der Waals surface area contributed by atoms with E-state index in [1.54, 1.807) is 0 Å². The lowest BCUT2D eigenvalue weighted by Gasteiger charge is -2.08. The number of rotatable bonds is 6. The zero-order valence-electron chi connectivity index (χ0n) is 11.6. The molecule has 2 aromatic carbocycles. The fourth-order valence-corrected chi connectivity index (χ4v) is 1.97. The molecule has 0 N–H and O–H groups in total. The SMILES string of the molecule is C1=NC(CCOc2ccc(Oc3ccccc3)cc2)=NC1. The second-order valence-corrected chi connectivity index (χ2v) is 4.55.